The van der Waals surface area contributed by atoms with Crippen molar-refractivity contribution in [2.45, 2.75) is 77.1 Å². The molecule has 0 radical (unpaired) electrons. The molecule has 0 aromatic rings. The molecule has 0 aromatic heterocycles. The maximum absolute atomic E-state index is 10.7. The number of nitrogens with zero attached hydrogens (tertiary/aromatic N) is 1. The largest absolute Gasteiger partial charge is 0.741 e. The second-order valence-corrected chi connectivity index (χ2v) is 7.93. The third-order valence-corrected chi connectivity index (χ3v) is 5.27. The van der Waals surface area contributed by atoms with Crippen molar-refractivity contribution >= 4 is 10.1 Å². The molecule has 0 spiro atoms. The summed E-state index contributed by atoms with van der Waals surface area (Å²) in [6.45, 7) is 10.4. The van der Waals surface area contributed by atoms with Crippen LogP contribution in [0.3, 0.4) is 0 Å². The molecule has 1 aliphatic rings. The average Bonchev–Trinajstić information content (AvgIpc) is 2.94. The first-order valence-electron chi connectivity index (χ1n) is 8.95. The summed E-state index contributed by atoms with van der Waals surface area (Å²) < 4.78 is 60.3. The van der Waals surface area contributed by atoms with Crippen molar-refractivity contribution < 1.29 is 30.6 Å². The van der Waals surface area contributed by atoms with Crippen molar-refractivity contribution in [3.63, 3.8) is 0 Å². The fourth-order valence-electron chi connectivity index (χ4n) is 3.11. The van der Waals surface area contributed by atoms with Gasteiger partial charge in [0.15, 0.2) is 10.1 Å². The van der Waals surface area contributed by atoms with Crippen LogP contribution < -0.4 is 0 Å². The summed E-state index contributed by atoms with van der Waals surface area (Å²) in [5.74, 6) is 0. The molecule has 0 atom stereocenters. The van der Waals surface area contributed by atoms with Crippen LogP contribution in [0.2, 0.25) is 0 Å². The Morgan fingerprint density at radius 3 is 1.71 bits per heavy atom. The normalized spacial score (nSPS) is 17.4. The van der Waals surface area contributed by atoms with Crippen LogP contribution in [-0.4, -0.2) is 49.1 Å². The summed E-state index contributed by atoms with van der Waals surface area (Å²) in [4.78, 5) is 0. The molecular weight excluding hydrogens is 343 g/mol. The highest BCUT2D eigenvalue weighted by Crippen LogP contribution is 2.21. The van der Waals surface area contributed by atoms with Gasteiger partial charge in [-0.05, 0) is 19.8 Å². The van der Waals surface area contributed by atoms with Gasteiger partial charge in [0, 0.05) is 12.8 Å². The molecule has 8 heteroatoms. The summed E-state index contributed by atoms with van der Waals surface area (Å²) in [5, 5.41) is 0. The second kappa shape index (κ2) is 11.3. The monoisotopic (exact) mass is 375 g/mol. The van der Waals surface area contributed by atoms with Crippen LogP contribution in [0.5, 0.6) is 0 Å². The molecule has 24 heavy (non-hydrogen) atoms. The molecule has 0 aromatic carbocycles. The van der Waals surface area contributed by atoms with Gasteiger partial charge in [-0.3, -0.25) is 0 Å². The molecule has 0 saturated carbocycles. The van der Waals surface area contributed by atoms with E-state index in [1.54, 1.807) is 0 Å². The second-order valence-electron chi connectivity index (χ2n) is 6.56. The van der Waals surface area contributed by atoms with Crippen LogP contribution in [0, 0.1) is 0 Å². The number of quaternary nitrogens is 1. The van der Waals surface area contributed by atoms with E-state index in [9.17, 15) is 13.2 Å². The Labute approximate surface area is 144 Å². The first-order valence-corrected chi connectivity index (χ1v) is 10.4. The van der Waals surface area contributed by atoms with E-state index in [0.29, 0.717) is 0 Å². The minimum atomic E-state index is -6.09. The highest BCUT2D eigenvalue weighted by molar-refractivity contribution is 7.86. The summed E-state index contributed by atoms with van der Waals surface area (Å²) in [6.07, 6.45) is 13.1. The van der Waals surface area contributed by atoms with Crippen molar-refractivity contribution in [2.75, 3.05) is 26.2 Å². The third-order valence-electron chi connectivity index (χ3n) is 4.71. The zero-order chi connectivity index (χ0) is 18.7. The number of hydrogen-bond donors (Lipinski definition) is 0. The van der Waals surface area contributed by atoms with E-state index < -0.39 is 15.6 Å². The fraction of sp³-hybridized carbons (Fsp3) is 1.00. The Bertz CT molecular complexity index is 419. The lowest BCUT2D eigenvalue weighted by atomic mass is 10.1. The van der Waals surface area contributed by atoms with E-state index in [0.717, 1.165) is 0 Å². The quantitative estimate of drug-likeness (QED) is 0.259. The number of likely N-dealkylation sites (tertiary alicyclic amines) is 1. The van der Waals surface area contributed by atoms with E-state index in [1.807, 2.05) is 0 Å². The smallest absolute Gasteiger partial charge is 0.485 e. The van der Waals surface area contributed by atoms with Gasteiger partial charge in [0.05, 0.1) is 26.2 Å². The van der Waals surface area contributed by atoms with Gasteiger partial charge >= 0.3 is 5.51 Å². The summed E-state index contributed by atoms with van der Waals surface area (Å²) >= 11 is 0. The molecule has 0 amide bonds. The first kappa shape index (κ1) is 23.7. The van der Waals surface area contributed by atoms with E-state index >= 15 is 0 Å². The van der Waals surface area contributed by atoms with Gasteiger partial charge in [-0.2, -0.15) is 13.2 Å². The Morgan fingerprint density at radius 1 is 0.917 bits per heavy atom. The Morgan fingerprint density at radius 2 is 1.33 bits per heavy atom. The number of rotatable bonds is 9. The number of halogens is 3. The van der Waals surface area contributed by atoms with Gasteiger partial charge < -0.3 is 9.04 Å². The SMILES string of the molecule is CCCCCCCCC[N+]1(CC)CCCC1.O=S(=O)([O-])C(F)(F)F. The highest BCUT2D eigenvalue weighted by Gasteiger charge is 2.36. The predicted octanol–water partition coefficient (Wildman–Crippen LogP) is 4.42. The van der Waals surface area contributed by atoms with Crippen LogP contribution in [-0.2, 0) is 10.1 Å². The van der Waals surface area contributed by atoms with Crippen LogP contribution in [0.4, 0.5) is 13.2 Å². The van der Waals surface area contributed by atoms with Crippen LogP contribution >= 0.6 is 0 Å². The lowest BCUT2D eigenvalue weighted by molar-refractivity contribution is -0.915. The van der Waals surface area contributed by atoms with Gasteiger partial charge in [0.25, 0.3) is 0 Å². The molecule has 1 fully saturated rings. The molecule has 0 unspecified atom stereocenters. The molecule has 1 rings (SSSR count). The lowest BCUT2D eigenvalue weighted by Crippen LogP contribution is -2.45. The molecule has 0 N–H and O–H groups in total. The average molecular weight is 375 g/mol. The van der Waals surface area contributed by atoms with Gasteiger partial charge in [-0.25, -0.2) is 8.42 Å². The van der Waals surface area contributed by atoms with Gasteiger partial charge in [0.1, 0.15) is 0 Å². The highest BCUT2D eigenvalue weighted by atomic mass is 32.2. The van der Waals surface area contributed by atoms with Gasteiger partial charge in [0.2, 0.25) is 0 Å². The Balaban J connectivity index is 0.000000561. The Hall–Kier alpha value is -0.340. The molecule has 146 valence electrons. The van der Waals surface area contributed by atoms with Crippen molar-refractivity contribution in [1.29, 1.82) is 0 Å². The number of alkyl halides is 3. The van der Waals surface area contributed by atoms with Crippen LogP contribution in [0.15, 0.2) is 0 Å². The minimum absolute atomic E-state index is 1.37. The van der Waals surface area contributed by atoms with E-state index in [-0.39, 0.29) is 0 Å². The van der Waals surface area contributed by atoms with Gasteiger partial charge in [-0.1, -0.05) is 39.0 Å². The topological polar surface area (TPSA) is 57.2 Å². The maximum atomic E-state index is 10.7. The van der Waals surface area contributed by atoms with E-state index in [2.05, 4.69) is 13.8 Å². The molecule has 0 bridgehead atoms. The van der Waals surface area contributed by atoms with Crippen molar-refractivity contribution in [3.8, 4) is 0 Å². The molecule has 1 aliphatic heterocycles. The zero-order valence-electron chi connectivity index (χ0n) is 14.9. The Kier molecular flexibility index (Phi) is 11.1. The van der Waals surface area contributed by atoms with Gasteiger partial charge in [-0.15, -0.1) is 0 Å². The fourth-order valence-corrected chi connectivity index (χ4v) is 3.11. The summed E-state index contributed by atoms with van der Waals surface area (Å²) in [7, 11) is -6.09. The van der Waals surface area contributed by atoms with Crippen molar-refractivity contribution in [3.05, 3.63) is 0 Å². The molecule has 0 aliphatic carbocycles. The lowest BCUT2D eigenvalue weighted by Gasteiger charge is -2.33. The number of hydrogen-bond acceptors (Lipinski definition) is 3. The summed E-state index contributed by atoms with van der Waals surface area (Å²) in [5.41, 5.74) is -5.65. The first-order chi connectivity index (χ1) is 11.1. The zero-order valence-corrected chi connectivity index (χ0v) is 15.7. The molecule has 1 saturated heterocycles. The standard InChI is InChI=1S/C15H32N.CHF3O3S/c1-3-5-6-7-8-9-10-13-16(4-2)14-11-12-15-16;2-1(3,4)8(5,6)7/h3-15H2,1-2H3;(H,5,6,7)/q+1;/p-1. The molecule has 1 heterocycles. The van der Waals surface area contributed by atoms with E-state index in [4.69, 9.17) is 13.0 Å². The minimum Gasteiger partial charge on any atom is -0.741 e. The number of unbranched alkanes of at least 4 members (excludes halogenated alkanes) is 6. The van der Waals surface area contributed by atoms with E-state index in [1.165, 1.54) is 88.4 Å². The molecular formula is C16H32F3NO3S. The third kappa shape index (κ3) is 9.84. The van der Waals surface area contributed by atoms with Crippen LogP contribution in [0.25, 0.3) is 0 Å². The van der Waals surface area contributed by atoms with Crippen molar-refractivity contribution in [2.24, 2.45) is 0 Å². The molecule has 4 nitrogen and oxygen atoms in total. The summed E-state index contributed by atoms with van der Waals surface area (Å²) in [6, 6.07) is 0. The predicted molar refractivity (Wildman–Crippen MR) is 88.4 cm³/mol. The maximum Gasteiger partial charge on any atom is 0.485 e. The van der Waals surface area contributed by atoms with Crippen LogP contribution in [0.1, 0.15) is 71.6 Å². The van der Waals surface area contributed by atoms with Crippen molar-refractivity contribution in [1.82, 2.24) is 0 Å².